The topological polar surface area (TPSA) is 45.8 Å². The molecule has 0 unspecified atom stereocenters. The van der Waals surface area contributed by atoms with Crippen molar-refractivity contribution in [3.63, 3.8) is 0 Å². The first-order valence-electron chi connectivity index (χ1n) is 7.58. The van der Waals surface area contributed by atoms with Crippen LogP contribution in [0.2, 0.25) is 0 Å². The van der Waals surface area contributed by atoms with Crippen molar-refractivity contribution < 1.29 is 9.21 Å². The van der Waals surface area contributed by atoms with Crippen LogP contribution in [0.25, 0.3) is 0 Å². The van der Waals surface area contributed by atoms with Gasteiger partial charge >= 0.3 is 5.91 Å². The van der Waals surface area contributed by atoms with Gasteiger partial charge in [-0.3, -0.25) is 4.79 Å². The lowest BCUT2D eigenvalue weighted by atomic mass is 10.0. The first-order chi connectivity index (χ1) is 12.1. The van der Waals surface area contributed by atoms with Crippen LogP contribution in [-0.4, -0.2) is 16.6 Å². The maximum absolute atomic E-state index is 13.0. The molecule has 1 amide bonds. The van der Waals surface area contributed by atoms with Crippen LogP contribution in [0.1, 0.15) is 33.5 Å². The number of nitrogens with zero attached hydrogens (tertiary/aromatic N) is 2. The molecule has 0 radical (unpaired) electrons. The third-order valence-corrected chi connectivity index (χ3v) is 6.04. The lowest BCUT2D eigenvalue weighted by Gasteiger charge is -2.22. The number of hydrazone groups is 1. The molecule has 0 aliphatic carbocycles. The van der Waals surface area contributed by atoms with Gasteiger partial charge in [0.05, 0.1) is 16.6 Å². The minimum absolute atomic E-state index is 0.177. The average molecular weight is 480 g/mol. The van der Waals surface area contributed by atoms with Crippen LogP contribution in [0.4, 0.5) is 0 Å². The summed E-state index contributed by atoms with van der Waals surface area (Å²) in [5, 5.41) is 8.17. The Hall–Kier alpha value is -1.70. The van der Waals surface area contributed by atoms with Crippen LogP contribution in [-0.2, 0) is 0 Å². The van der Waals surface area contributed by atoms with Crippen molar-refractivity contribution in [2.24, 2.45) is 5.10 Å². The zero-order valence-corrected chi connectivity index (χ0v) is 16.8. The lowest BCUT2D eigenvalue weighted by Crippen LogP contribution is -2.27. The number of hydrogen-bond acceptors (Lipinski definition) is 4. The summed E-state index contributed by atoms with van der Waals surface area (Å²) < 4.78 is 6.93. The molecule has 2 aromatic heterocycles. The highest BCUT2D eigenvalue weighted by Crippen LogP contribution is 2.38. The Morgan fingerprint density at radius 3 is 2.68 bits per heavy atom. The van der Waals surface area contributed by atoms with Crippen molar-refractivity contribution >= 4 is 54.8 Å². The molecule has 25 heavy (non-hydrogen) atoms. The van der Waals surface area contributed by atoms with Crippen LogP contribution >= 0.6 is 43.2 Å². The molecular formula is C18H12Br2N2O2S. The van der Waals surface area contributed by atoms with Crippen molar-refractivity contribution in [1.29, 1.82) is 0 Å². The van der Waals surface area contributed by atoms with Gasteiger partial charge in [0.2, 0.25) is 0 Å². The second-order valence-corrected chi connectivity index (χ2v) is 8.10. The van der Waals surface area contributed by atoms with E-state index < -0.39 is 0 Å². The van der Waals surface area contributed by atoms with Gasteiger partial charge in [0, 0.05) is 10.9 Å². The Kier molecular flexibility index (Phi) is 4.62. The van der Waals surface area contributed by atoms with Gasteiger partial charge in [-0.1, -0.05) is 40.2 Å². The second-order valence-electron chi connectivity index (χ2n) is 5.52. The summed E-state index contributed by atoms with van der Waals surface area (Å²) in [6.45, 7) is 0. The van der Waals surface area contributed by atoms with E-state index in [1.54, 1.807) is 23.5 Å². The van der Waals surface area contributed by atoms with Gasteiger partial charge in [0.1, 0.15) is 0 Å². The van der Waals surface area contributed by atoms with Crippen molar-refractivity contribution in [2.45, 2.75) is 12.5 Å². The summed E-state index contributed by atoms with van der Waals surface area (Å²) >= 11 is 8.46. The standard InChI is InChI=1S/C18H12Br2N2O2S/c19-12-5-2-1-4-11(12)14-10-13(16-6-3-9-25-16)21-22(14)18(23)15-7-8-17(20)24-15/h1-9,14H,10H2/t14-/m1/s1. The third-order valence-electron chi connectivity index (χ3n) is 3.97. The molecule has 0 saturated heterocycles. The zero-order chi connectivity index (χ0) is 17.4. The van der Waals surface area contributed by atoms with E-state index in [0.717, 1.165) is 20.6 Å². The summed E-state index contributed by atoms with van der Waals surface area (Å²) in [5.41, 5.74) is 1.94. The summed E-state index contributed by atoms with van der Waals surface area (Å²) in [7, 11) is 0. The van der Waals surface area contributed by atoms with E-state index in [2.05, 4.69) is 37.0 Å². The molecule has 0 fully saturated rings. The highest BCUT2D eigenvalue weighted by atomic mass is 79.9. The Morgan fingerprint density at radius 1 is 1.16 bits per heavy atom. The van der Waals surface area contributed by atoms with Gasteiger partial charge < -0.3 is 4.42 Å². The molecule has 0 N–H and O–H groups in total. The Bertz CT molecular complexity index is 950. The fourth-order valence-electron chi connectivity index (χ4n) is 2.82. The van der Waals surface area contributed by atoms with Gasteiger partial charge in [-0.15, -0.1) is 11.3 Å². The molecule has 1 aliphatic rings. The van der Waals surface area contributed by atoms with E-state index in [4.69, 9.17) is 4.42 Å². The number of amides is 1. The predicted molar refractivity (Wildman–Crippen MR) is 105 cm³/mol. The number of rotatable bonds is 3. The maximum Gasteiger partial charge on any atom is 0.310 e. The molecule has 3 heterocycles. The number of furan rings is 1. The summed E-state index contributed by atoms with van der Waals surface area (Å²) in [6.07, 6.45) is 0.663. The van der Waals surface area contributed by atoms with Gasteiger partial charge in [-0.25, -0.2) is 5.01 Å². The number of halogens is 2. The highest BCUT2D eigenvalue weighted by molar-refractivity contribution is 9.10. The average Bonchev–Trinajstić information content (AvgIpc) is 3.34. The normalized spacial score (nSPS) is 17.0. The van der Waals surface area contributed by atoms with Gasteiger partial charge in [-0.05, 0) is 51.1 Å². The second kappa shape index (κ2) is 6.90. The smallest absolute Gasteiger partial charge is 0.310 e. The van der Waals surface area contributed by atoms with E-state index in [9.17, 15) is 4.79 Å². The number of carbonyl (C=O) groups excluding carboxylic acids is 1. The van der Waals surface area contributed by atoms with E-state index in [1.165, 1.54) is 5.01 Å². The van der Waals surface area contributed by atoms with Crippen LogP contribution in [0, 0.1) is 0 Å². The number of hydrogen-bond donors (Lipinski definition) is 0. The van der Waals surface area contributed by atoms with Gasteiger partial charge in [0.25, 0.3) is 0 Å². The minimum atomic E-state index is -0.252. The monoisotopic (exact) mass is 478 g/mol. The molecule has 4 nitrogen and oxygen atoms in total. The van der Waals surface area contributed by atoms with Crippen LogP contribution < -0.4 is 0 Å². The summed E-state index contributed by atoms with van der Waals surface area (Å²) in [4.78, 5) is 14.0. The first kappa shape index (κ1) is 16.8. The molecule has 7 heteroatoms. The molecule has 0 bridgehead atoms. The first-order valence-corrected chi connectivity index (χ1v) is 10.0. The third kappa shape index (κ3) is 3.23. The maximum atomic E-state index is 13.0. The fraction of sp³-hybridized carbons (Fsp3) is 0.111. The van der Waals surface area contributed by atoms with Crippen LogP contribution in [0.3, 0.4) is 0 Å². The Labute approximate surface area is 165 Å². The molecule has 1 aromatic carbocycles. The summed E-state index contributed by atoms with van der Waals surface area (Å²) in [5.74, 6) is 0.0121. The van der Waals surface area contributed by atoms with E-state index in [-0.39, 0.29) is 17.7 Å². The van der Waals surface area contributed by atoms with Gasteiger partial charge in [0.15, 0.2) is 10.4 Å². The number of carbonyl (C=O) groups is 1. The van der Waals surface area contributed by atoms with E-state index in [1.807, 2.05) is 41.8 Å². The molecular weight excluding hydrogens is 468 g/mol. The molecule has 0 saturated carbocycles. The van der Waals surface area contributed by atoms with Crippen molar-refractivity contribution in [1.82, 2.24) is 5.01 Å². The van der Waals surface area contributed by atoms with Crippen LogP contribution in [0.15, 0.2) is 72.6 Å². The Balaban J connectivity index is 1.75. The molecule has 3 aromatic rings. The minimum Gasteiger partial charge on any atom is -0.444 e. The lowest BCUT2D eigenvalue weighted by molar-refractivity contribution is 0.0676. The van der Waals surface area contributed by atoms with Crippen molar-refractivity contribution in [3.8, 4) is 0 Å². The zero-order valence-electron chi connectivity index (χ0n) is 12.9. The molecule has 126 valence electrons. The SMILES string of the molecule is O=C(c1ccc(Br)o1)N1N=C(c2cccs2)C[C@@H]1c1ccccc1Br. The highest BCUT2D eigenvalue weighted by Gasteiger charge is 2.36. The largest absolute Gasteiger partial charge is 0.444 e. The molecule has 1 aliphatic heterocycles. The molecule has 1 atom stereocenters. The van der Waals surface area contributed by atoms with Crippen molar-refractivity contribution in [2.75, 3.05) is 0 Å². The van der Waals surface area contributed by atoms with E-state index >= 15 is 0 Å². The molecule has 4 rings (SSSR count). The van der Waals surface area contributed by atoms with Crippen LogP contribution in [0.5, 0.6) is 0 Å². The fourth-order valence-corrected chi connectivity index (χ4v) is 4.40. The number of benzene rings is 1. The number of thiophene rings is 1. The van der Waals surface area contributed by atoms with Crippen molar-refractivity contribution in [3.05, 3.63) is 79.3 Å². The summed E-state index contributed by atoms with van der Waals surface area (Å²) in [6, 6.07) is 15.1. The van der Waals surface area contributed by atoms with E-state index in [0.29, 0.717) is 11.1 Å². The Morgan fingerprint density at radius 2 is 2.00 bits per heavy atom. The van der Waals surface area contributed by atoms with Gasteiger partial charge in [-0.2, -0.15) is 5.10 Å². The predicted octanol–water partition coefficient (Wildman–Crippen LogP) is 5.86. The molecule has 0 spiro atoms. The quantitative estimate of drug-likeness (QED) is 0.472.